The fraction of sp³-hybridized carbons (Fsp3) is 0.647. The van der Waals surface area contributed by atoms with Crippen LogP contribution in [0.2, 0.25) is 0 Å². The maximum Gasteiger partial charge on any atom is 0.119 e. The Hall–Kier alpha value is -1.02. The summed E-state index contributed by atoms with van der Waals surface area (Å²) in [6.45, 7) is 6.41. The van der Waals surface area contributed by atoms with Gasteiger partial charge in [-0.3, -0.25) is 0 Å². The molecule has 2 heteroatoms. The Bertz CT molecular complexity index is 389. The molecule has 1 unspecified atom stereocenters. The highest BCUT2D eigenvalue weighted by Crippen LogP contribution is 2.26. The molecule has 1 aliphatic rings. The molecule has 106 valence electrons. The van der Waals surface area contributed by atoms with Crippen molar-refractivity contribution in [3.8, 4) is 5.75 Å². The minimum Gasteiger partial charge on any atom is -0.494 e. The van der Waals surface area contributed by atoms with Gasteiger partial charge in [-0.15, -0.1) is 0 Å². The molecule has 0 aliphatic heterocycles. The van der Waals surface area contributed by atoms with Gasteiger partial charge in [-0.1, -0.05) is 13.0 Å². The van der Waals surface area contributed by atoms with Crippen LogP contribution in [-0.4, -0.2) is 19.2 Å². The zero-order chi connectivity index (χ0) is 13.5. The van der Waals surface area contributed by atoms with E-state index in [1.165, 1.54) is 43.2 Å². The molecule has 2 nitrogen and oxygen atoms in total. The molecule has 1 aromatic rings. The Morgan fingerprint density at radius 2 is 2.11 bits per heavy atom. The van der Waals surface area contributed by atoms with Gasteiger partial charge in [-0.2, -0.15) is 0 Å². The van der Waals surface area contributed by atoms with E-state index in [4.69, 9.17) is 4.74 Å². The van der Waals surface area contributed by atoms with E-state index in [1.54, 1.807) is 0 Å². The second kappa shape index (κ2) is 7.54. The van der Waals surface area contributed by atoms with Crippen LogP contribution in [0, 0.1) is 0 Å². The number of hydrogen-bond acceptors (Lipinski definition) is 2. The van der Waals surface area contributed by atoms with E-state index < -0.39 is 0 Å². The lowest BCUT2D eigenvalue weighted by Gasteiger charge is -2.13. The number of aryl methyl sites for hydroxylation is 2. The quantitative estimate of drug-likeness (QED) is 0.720. The highest BCUT2D eigenvalue weighted by atomic mass is 16.5. The zero-order valence-corrected chi connectivity index (χ0v) is 12.4. The lowest BCUT2D eigenvalue weighted by molar-refractivity contribution is 0.297. The van der Waals surface area contributed by atoms with Crippen molar-refractivity contribution in [1.29, 1.82) is 0 Å². The summed E-state index contributed by atoms with van der Waals surface area (Å²) in [7, 11) is 0. The Morgan fingerprint density at radius 3 is 2.95 bits per heavy atom. The minimum atomic E-state index is 0.601. The molecule has 1 N–H and O–H groups in total. The molecule has 0 heterocycles. The Kier molecular flexibility index (Phi) is 5.71. The van der Waals surface area contributed by atoms with Crippen molar-refractivity contribution >= 4 is 0 Å². The van der Waals surface area contributed by atoms with Gasteiger partial charge in [-0.25, -0.2) is 0 Å². The molecular formula is C17H27NO. The van der Waals surface area contributed by atoms with Gasteiger partial charge < -0.3 is 10.1 Å². The van der Waals surface area contributed by atoms with Gasteiger partial charge in [0, 0.05) is 6.04 Å². The second-order valence-corrected chi connectivity index (χ2v) is 5.63. The van der Waals surface area contributed by atoms with Gasteiger partial charge in [0.05, 0.1) is 6.61 Å². The van der Waals surface area contributed by atoms with Crippen LogP contribution in [0.1, 0.15) is 50.7 Å². The van der Waals surface area contributed by atoms with Crippen LogP contribution in [0.4, 0.5) is 0 Å². The summed E-state index contributed by atoms with van der Waals surface area (Å²) in [5.41, 5.74) is 3.01. The first-order chi connectivity index (χ1) is 9.29. The normalized spacial score (nSPS) is 15.3. The molecule has 0 saturated carbocycles. The van der Waals surface area contributed by atoms with Crippen molar-refractivity contribution in [3.63, 3.8) is 0 Å². The van der Waals surface area contributed by atoms with Crippen LogP contribution in [0.25, 0.3) is 0 Å². The van der Waals surface area contributed by atoms with Crippen molar-refractivity contribution < 1.29 is 4.74 Å². The van der Waals surface area contributed by atoms with E-state index >= 15 is 0 Å². The van der Waals surface area contributed by atoms with Crippen molar-refractivity contribution in [2.75, 3.05) is 13.2 Å². The molecule has 1 aromatic carbocycles. The van der Waals surface area contributed by atoms with Crippen LogP contribution >= 0.6 is 0 Å². The summed E-state index contributed by atoms with van der Waals surface area (Å²) in [6.07, 6.45) is 7.29. The van der Waals surface area contributed by atoms with Crippen molar-refractivity contribution in [1.82, 2.24) is 5.32 Å². The molecule has 19 heavy (non-hydrogen) atoms. The lowest BCUT2D eigenvalue weighted by Crippen LogP contribution is -2.26. The van der Waals surface area contributed by atoms with Crippen LogP contribution in [0.5, 0.6) is 5.75 Å². The van der Waals surface area contributed by atoms with Crippen molar-refractivity contribution in [3.05, 3.63) is 29.3 Å². The van der Waals surface area contributed by atoms with E-state index in [9.17, 15) is 0 Å². The van der Waals surface area contributed by atoms with Gasteiger partial charge in [0.15, 0.2) is 0 Å². The highest BCUT2D eigenvalue weighted by molar-refractivity contribution is 5.38. The third-order valence-corrected chi connectivity index (χ3v) is 3.86. The van der Waals surface area contributed by atoms with Crippen LogP contribution in [0.15, 0.2) is 18.2 Å². The maximum absolute atomic E-state index is 5.86. The molecule has 0 aromatic heterocycles. The molecule has 2 rings (SSSR count). The molecule has 0 fully saturated rings. The summed E-state index contributed by atoms with van der Waals surface area (Å²) < 4.78 is 5.86. The summed E-state index contributed by atoms with van der Waals surface area (Å²) in [5, 5.41) is 3.51. The molecule has 0 spiro atoms. The SMILES string of the molecule is CCCNC(C)CCCOc1ccc2c(c1)CCC2. The number of hydrogen-bond donors (Lipinski definition) is 1. The Morgan fingerprint density at radius 1 is 1.26 bits per heavy atom. The van der Waals surface area contributed by atoms with Crippen LogP contribution in [0.3, 0.4) is 0 Å². The van der Waals surface area contributed by atoms with E-state index in [1.807, 2.05) is 0 Å². The van der Waals surface area contributed by atoms with Gasteiger partial charge >= 0.3 is 0 Å². The molecule has 1 aliphatic carbocycles. The average molecular weight is 261 g/mol. The van der Waals surface area contributed by atoms with Gasteiger partial charge in [0.2, 0.25) is 0 Å². The predicted molar refractivity (Wildman–Crippen MR) is 81.0 cm³/mol. The van der Waals surface area contributed by atoms with Crippen molar-refractivity contribution in [2.24, 2.45) is 0 Å². The van der Waals surface area contributed by atoms with E-state index in [2.05, 4.69) is 37.4 Å². The van der Waals surface area contributed by atoms with Crippen LogP contribution in [-0.2, 0) is 12.8 Å². The number of nitrogens with one attached hydrogen (secondary N) is 1. The van der Waals surface area contributed by atoms with Crippen LogP contribution < -0.4 is 10.1 Å². The third kappa shape index (κ3) is 4.54. The van der Waals surface area contributed by atoms with Gasteiger partial charge in [-0.05, 0) is 75.3 Å². The second-order valence-electron chi connectivity index (χ2n) is 5.63. The zero-order valence-electron chi connectivity index (χ0n) is 12.4. The summed E-state index contributed by atoms with van der Waals surface area (Å²) in [6, 6.07) is 7.20. The van der Waals surface area contributed by atoms with Crippen molar-refractivity contribution in [2.45, 2.75) is 58.4 Å². The average Bonchev–Trinajstić information content (AvgIpc) is 2.88. The molecule has 1 atom stereocenters. The molecular weight excluding hydrogens is 234 g/mol. The standard InChI is InChI=1S/C17H27NO/c1-3-11-18-14(2)6-5-12-19-17-10-9-15-7-4-8-16(15)13-17/h9-10,13-14,18H,3-8,11-12H2,1-2H3. The maximum atomic E-state index is 5.86. The first kappa shape index (κ1) is 14.4. The third-order valence-electron chi connectivity index (χ3n) is 3.86. The summed E-state index contributed by atoms with van der Waals surface area (Å²) in [5.74, 6) is 1.05. The van der Waals surface area contributed by atoms with Gasteiger partial charge in [0.25, 0.3) is 0 Å². The molecule has 0 amide bonds. The Balaban J connectivity index is 1.66. The number of fused-ring (bicyclic) bond motifs is 1. The number of rotatable bonds is 8. The monoisotopic (exact) mass is 261 g/mol. The molecule has 0 saturated heterocycles. The molecule has 0 bridgehead atoms. The largest absolute Gasteiger partial charge is 0.494 e. The van der Waals surface area contributed by atoms with Gasteiger partial charge in [0.1, 0.15) is 5.75 Å². The summed E-state index contributed by atoms with van der Waals surface area (Å²) in [4.78, 5) is 0. The number of ether oxygens (including phenoxy) is 1. The first-order valence-corrected chi connectivity index (χ1v) is 7.77. The fourth-order valence-electron chi connectivity index (χ4n) is 2.71. The minimum absolute atomic E-state index is 0.601. The topological polar surface area (TPSA) is 21.3 Å². The predicted octanol–water partition coefficient (Wildman–Crippen LogP) is 3.72. The number of benzene rings is 1. The smallest absolute Gasteiger partial charge is 0.119 e. The highest BCUT2D eigenvalue weighted by Gasteiger charge is 2.11. The van der Waals surface area contributed by atoms with E-state index in [-0.39, 0.29) is 0 Å². The lowest BCUT2D eigenvalue weighted by atomic mass is 10.1. The summed E-state index contributed by atoms with van der Waals surface area (Å²) >= 11 is 0. The van der Waals surface area contributed by atoms with E-state index in [0.29, 0.717) is 6.04 Å². The first-order valence-electron chi connectivity index (χ1n) is 7.77. The Labute approximate surface area is 117 Å². The fourth-order valence-corrected chi connectivity index (χ4v) is 2.71. The van der Waals surface area contributed by atoms with E-state index in [0.717, 1.165) is 25.3 Å². The molecule has 0 radical (unpaired) electrons.